The van der Waals surface area contributed by atoms with Crippen molar-refractivity contribution >= 4 is 23.5 Å². The molecule has 0 aromatic rings. The topological polar surface area (TPSA) is 121 Å². The zero-order valence-electron chi connectivity index (χ0n) is 9.31. The second kappa shape index (κ2) is 8.54. The molecular weight excluding hydrogens is 218 g/mol. The first kappa shape index (κ1) is 16.7. The minimum Gasteiger partial charge on any atom is -0.480 e. The Morgan fingerprint density at radius 1 is 1.06 bits per heavy atom. The van der Waals surface area contributed by atoms with Crippen LogP contribution in [0.15, 0.2) is 0 Å². The van der Waals surface area contributed by atoms with Crippen LogP contribution < -0.4 is 5.32 Å². The van der Waals surface area contributed by atoms with Gasteiger partial charge in [-0.3, -0.25) is 19.2 Å². The van der Waals surface area contributed by atoms with E-state index in [2.05, 4.69) is 5.32 Å². The fourth-order valence-electron chi connectivity index (χ4n) is 0.785. The average molecular weight is 233 g/mol. The summed E-state index contributed by atoms with van der Waals surface area (Å²) in [5.41, 5.74) is 0. The Hall–Kier alpha value is -1.76. The molecule has 0 rings (SSSR count). The van der Waals surface area contributed by atoms with Gasteiger partial charge in [-0.05, 0) is 20.9 Å². The maximum Gasteiger partial charge on any atom is 0.321 e. The summed E-state index contributed by atoms with van der Waals surface area (Å²) in [7, 11) is 1.59. The normalized spacial score (nSPS) is 9.00. The van der Waals surface area contributed by atoms with Crippen LogP contribution in [0.5, 0.6) is 0 Å². The van der Waals surface area contributed by atoms with Crippen LogP contribution in [-0.4, -0.2) is 47.3 Å². The molecule has 0 aliphatic carbocycles. The van der Waals surface area contributed by atoms with Crippen molar-refractivity contribution in [1.29, 1.82) is 0 Å². The van der Waals surface area contributed by atoms with Crippen molar-refractivity contribution in [2.24, 2.45) is 5.92 Å². The summed E-state index contributed by atoms with van der Waals surface area (Å²) in [5.74, 6) is -4.92. The quantitative estimate of drug-likeness (QED) is 0.529. The van der Waals surface area contributed by atoms with E-state index in [0.717, 1.165) is 13.8 Å². The van der Waals surface area contributed by atoms with Gasteiger partial charge in [0.25, 0.3) is 0 Å². The van der Waals surface area contributed by atoms with Crippen LogP contribution >= 0.6 is 0 Å². The number of nitrogens with one attached hydrogen (secondary N) is 1. The van der Waals surface area contributed by atoms with Crippen molar-refractivity contribution in [1.82, 2.24) is 5.32 Å². The Labute approximate surface area is 92.4 Å². The summed E-state index contributed by atoms with van der Waals surface area (Å²) in [6.07, 6.45) is 0. The van der Waals surface area contributed by atoms with Crippen molar-refractivity contribution in [2.75, 3.05) is 13.6 Å². The minimum atomic E-state index is -1.47. The molecule has 16 heavy (non-hydrogen) atoms. The lowest BCUT2D eigenvalue weighted by molar-refractivity contribution is -0.149. The fraction of sp³-hybridized carbons (Fsp3) is 0.556. The molecule has 0 aromatic heterocycles. The van der Waals surface area contributed by atoms with E-state index in [1.165, 1.54) is 0 Å². The molecule has 0 aliphatic heterocycles. The highest BCUT2D eigenvalue weighted by atomic mass is 16.4. The summed E-state index contributed by atoms with van der Waals surface area (Å²) in [6.45, 7) is 2.21. The van der Waals surface area contributed by atoms with E-state index in [0.29, 0.717) is 0 Å². The number of ketones is 2. The van der Waals surface area contributed by atoms with Gasteiger partial charge < -0.3 is 15.5 Å². The van der Waals surface area contributed by atoms with Gasteiger partial charge >= 0.3 is 11.9 Å². The van der Waals surface area contributed by atoms with Crippen molar-refractivity contribution in [3.8, 4) is 0 Å². The Morgan fingerprint density at radius 2 is 1.44 bits per heavy atom. The number of rotatable bonds is 5. The lowest BCUT2D eigenvalue weighted by Crippen LogP contribution is -2.27. The molecule has 0 fully saturated rings. The van der Waals surface area contributed by atoms with E-state index in [4.69, 9.17) is 10.2 Å². The Morgan fingerprint density at radius 3 is 1.44 bits per heavy atom. The van der Waals surface area contributed by atoms with Crippen molar-refractivity contribution in [3.05, 3.63) is 0 Å². The third-order valence-electron chi connectivity index (χ3n) is 1.39. The molecule has 7 heteroatoms. The molecule has 0 aromatic carbocycles. The minimum absolute atomic E-state index is 0.0417. The Bertz CT molecular complexity index is 252. The number of Topliss-reactive ketones (excluding diaryl/α,β-unsaturated/α-hetero) is 2. The molecule has 0 saturated heterocycles. The van der Waals surface area contributed by atoms with Gasteiger partial charge in [-0.15, -0.1) is 0 Å². The fourth-order valence-corrected chi connectivity index (χ4v) is 0.785. The van der Waals surface area contributed by atoms with Gasteiger partial charge in [0, 0.05) is 0 Å². The van der Waals surface area contributed by atoms with E-state index < -0.39 is 29.4 Å². The van der Waals surface area contributed by atoms with Crippen LogP contribution in [0.4, 0.5) is 0 Å². The Balaban J connectivity index is 0. The molecule has 0 heterocycles. The van der Waals surface area contributed by atoms with Crippen LogP contribution in [0.3, 0.4) is 0 Å². The zero-order valence-corrected chi connectivity index (χ0v) is 9.31. The number of carboxylic acid groups (broad SMARTS) is 2. The summed E-state index contributed by atoms with van der Waals surface area (Å²) in [5, 5.41) is 18.6. The predicted molar refractivity (Wildman–Crippen MR) is 54.1 cm³/mol. The van der Waals surface area contributed by atoms with Gasteiger partial charge in [-0.25, -0.2) is 0 Å². The third kappa shape index (κ3) is 8.82. The summed E-state index contributed by atoms with van der Waals surface area (Å²) < 4.78 is 0. The van der Waals surface area contributed by atoms with Gasteiger partial charge in [-0.2, -0.15) is 0 Å². The van der Waals surface area contributed by atoms with Gasteiger partial charge in [-0.1, -0.05) is 0 Å². The van der Waals surface area contributed by atoms with Crippen LogP contribution in [0.1, 0.15) is 13.8 Å². The van der Waals surface area contributed by atoms with Crippen LogP contribution in [0.25, 0.3) is 0 Å². The Kier molecular flexibility index (Phi) is 8.89. The second-order valence-electron chi connectivity index (χ2n) is 2.92. The molecule has 3 N–H and O–H groups in total. The maximum atomic E-state index is 10.4. The van der Waals surface area contributed by atoms with Crippen molar-refractivity contribution < 1.29 is 29.4 Å². The maximum absolute atomic E-state index is 10.4. The summed E-state index contributed by atoms with van der Waals surface area (Å²) in [6, 6.07) is 0. The van der Waals surface area contributed by atoms with E-state index >= 15 is 0 Å². The highest BCUT2D eigenvalue weighted by molar-refractivity contribution is 6.15. The first-order chi connectivity index (χ1) is 7.23. The molecule has 0 bridgehead atoms. The number of carboxylic acids is 2. The van der Waals surface area contributed by atoms with E-state index in [1.807, 2.05) is 0 Å². The number of aliphatic carboxylic acids is 2. The zero-order chi connectivity index (χ0) is 13.3. The number of carbonyl (C=O) groups excluding carboxylic acids is 2. The molecule has 0 radical (unpaired) electrons. The van der Waals surface area contributed by atoms with Crippen LogP contribution in [0, 0.1) is 5.92 Å². The molecule has 0 aliphatic rings. The molecule has 0 spiro atoms. The summed E-state index contributed by atoms with van der Waals surface area (Å²) >= 11 is 0. The highest BCUT2D eigenvalue weighted by Crippen LogP contribution is 1.99. The van der Waals surface area contributed by atoms with Crippen molar-refractivity contribution in [2.45, 2.75) is 13.8 Å². The summed E-state index contributed by atoms with van der Waals surface area (Å²) in [4.78, 5) is 40.5. The third-order valence-corrected chi connectivity index (χ3v) is 1.39. The first-order valence-corrected chi connectivity index (χ1v) is 4.34. The molecule has 7 nitrogen and oxygen atoms in total. The van der Waals surface area contributed by atoms with E-state index in [1.54, 1.807) is 7.05 Å². The van der Waals surface area contributed by atoms with Gasteiger partial charge in [0.15, 0.2) is 17.5 Å². The van der Waals surface area contributed by atoms with Crippen LogP contribution in [-0.2, 0) is 19.2 Å². The van der Waals surface area contributed by atoms with E-state index in [-0.39, 0.29) is 6.54 Å². The van der Waals surface area contributed by atoms with Crippen LogP contribution in [0.2, 0.25) is 0 Å². The number of carbonyl (C=O) groups is 4. The SMILES string of the molecule is CC(=O)C(C(C)=O)C(=O)O.CNCC(=O)O. The highest BCUT2D eigenvalue weighted by Gasteiger charge is 2.26. The average Bonchev–Trinajstić information content (AvgIpc) is 2.00. The molecule has 0 atom stereocenters. The van der Waals surface area contributed by atoms with Crippen molar-refractivity contribution in [3.63, 3.8) is 0 Å². The lowest BCUT2D eigenvalue weighted by Gasteiger charge is -2.01. The largest absolute Gasteiger partial charge is 0.480 e. The monoisotopic (exact) mass is 233 g/mol. The van der Waals surface area contributed by atoms with Gasteiger partial charge in [0.05, 0.1) is 6.54 Å². The van der Waals surface area contributed by atoms with Gasteiger partial charge in [0.2, 0.25) is 0 Å². The molecule has 0 unspecified atom stereocenters. The number of hydrogen-bond donors (Lipinski definition) is 3. The lowest BCUT2D eigenvalue weighted by atomic mass is 10.0. The second-order valence-corrected chi connectivity index (χ2v) is 2.92. The standard InChI is InChI=1S/C6H8O4.C3H7NO2/c1-3(7)5(4(2)8)6(9)10;1-4-2-3(5)6/h5H,1-2H3,(H,9,10);4H,2H2,1H3,(H,5,6). The van der Waals surface area contributed by atoms with Gasteiger partial charge in [0.1, 0.15) is 0 Å². The smallest absolute Gasteiger partial charge is 0.321 e. The number of hydrogen-bond acceptors (Lipinski definition) is 5. The molecule has 92 valence electrons. The predicted octanol–water partition coefficient (Wildman–Crippen LogP) is -0.844. The molecule has 0 amide bonds. The first-order valence-electron chi connectivity index (χ1n) is 4.34. The van der Waals surface area contributed by atoms with E-state index in [9.17, 15) is 19.2 Å². The molecule has 0 saturated carbocycles. The molecular formula is C9H15NO6. The number of likely N-dealkylation sites (N-methyl/N-ethyl adjacent to an activating group) is 1.